The zero-order valence-electron chi connectivity index (χ0n) is 11.0. The maximum Gasteiger partial charge on any atom is 0.251 e. The molecule has 0 spiro atoms. The highest BCUT2D eigenvalue weighted by molar-refractivity contribution is 6.29. The van der Waals surface area contributed by atoms with E-state index in [0.29, 0.717) is 17.4 Å². The average Bonchev–Trinajstić information content (AvgIpc) is 2.73. The first-order valence-corrected chi connectivity index (χ1v) is 6.52. The Hall–Kier alpha value is -1.59. The fraction of sp³-hybridized carbons (Fsp3) is 0.385. The predicted molar refractivity (Wildman–Crippen MR) is 76.6 cm³/mol. The van der Waals surface area contributed by atoms with E-state index in [1.807, 2.05) is 14.1 Å². The molecular weight excluding hydrogens is 264 g/mol. The van der Waals surface area contributed by atoms with E-state index in [1.165, 1.54) is 0 Å². The molecule has 1 heterocycles. The normalized spacial score (nSPS) is 11.2. The first-order valence-electron chi connectivity index (χ1n) is 6.14. The van der Waals surface area contributed by atoms with Gasteiger partial charge < -0.3 is 15.2 Å². The molecule has 0 aliphatic heterocycles. The van der Waals surface area contributed by atoms with Gasteiger partial charge in [0.05, 0.1) is 11.0 Å². The van der Waals surface area contributed by atoms with Gasteiger partial charge in [0.25, 0.3) is 5.91 Å². The van der Waals surface area contributed by atoms with E-state index in [4.69, 9.17) is 11.6 Å². The summed E-state index contributed by atoms with van der Waals surface area (Å²) in [5.74, 6) is -0.0774. The van der Waals surface area contributed by atoms with E-state index in [2.05, 4.69) is 20.2 Å². The van der Waals surface area contributed by atoms with Crippen molar-refractivity contribution in [3.05, 3.63) is 29.0 Å². The van der Waals surface area contributed by atoms with Gasteiger partial charge in [-0.2, -0.15) is 0 Å². The number of imidazole rings is 1. The number of hydrogen-bond donors (Lipinski definition) is 2. The third kappa shape index (κ3) is 3.68. The standard InChI is InChI=1S/C13H17ClN4O/c1-18(2)7-3-6-15-12(19)9-4-5-10-11(8-9)17-13(14)16-10/h4-5,8H,3,6-7H2,1-2H3,(H,15,19)(H,16,17). The van der Waals surface area contributed by atoms with Crippen LogP contribution >= 0.6 is 11.6 Å². The summed E-state index contributed by atoms with van der Waals surface area (Å²) in [6.07, 6.45) is 0.927. The Kier molecular flexibility index (Phi) is 4.39. The van der Waals surface area contributed by atoms with Crippen molar-refractivity contribution >= 4 is 28.5 Å². The molecule has 0 radical (unpaired) electrons. The summed E-state index contributed by atoms with van der Waals surface area (Å²) < 4.78 is 0. The second kappa shape index (κ2) is 6.04. The largest absolute Gasteiger partial charge is 0.352 e. The zero-order valence-corrected chi connectivity index (χ0v) is 11.8. The third-order valence-electron chi connectivity index (χ3n) is 2.78. The van der Waals surface area contributed by atoms with Crippen LogP contribution in [0.1, 0.15) is 16.8 Å². The lowest BCUT2D eigenvalue weighted by molar-refractivity contribution is 0.0952. The molecule has 2 N–H and O–H groups in total. The van der Waals surface area contributed by atoms with Gasteiger partial charge in [-0.3, -0.25) is 4.79 Å². The van der Waals surface area contributed by atoms with Gasteiger partial charge in [-0.25, -0.2) is 4.98 Å². The molecule has 0 saturated heterocycles. The maximum absolute atomic E-state index is 11.9. The van der Waals surface area contributed by atoms with Crippen LogP contribution < -0.4 is 5.32 Å². The number of fused-ring (bicyclic) bond motifs is 1. The van der Waals surface area contributed by atoms with E-state index >= 15 is 0 Å². The first-order chi connectivity index (χ1) is 9.06. The third-order valence-corrected chi connectivity index (χ3v) is 2.96. The van der Waals surface area contributed by atoms with Crippen molar-refractivity contribution in [2.45, 2.75) is 6.42 Å². The van der Waals surface area contributed by atoms with Crippen LogP contribution in [-0.4, -0.2) is 48.0 Å². The predicted octanol–water partition coefficient (Wildman–Crippen LogP) is 1.90. The van der Waals surface area contributed by atoms with Gasteiger partial charge in [-0.05, 0) is 56.9 Å². The number of carbonyl (C=O) groups is 1. The van der Waals surface area contributed by atoms with Crippen LogP contribution in [0.25, 0.3) is 11.0 Å². The monoisotopic (exact) mass is 280 g/mol. The minimum absolute atomic E-state index is 0.0774. The van der Waals surface area contributed by atoms with Crippen LogP contribution in [0.4, 0.5) is 0 Å². The Labute approximate surface area is 117 Å². The molecule has 1 aromatic heterocycles. The summed E-state index contributed by atoms with van der Waals surface area (Å²) in [6, 6.07) is 5.29. The summed E-state index contributed by atoms with van der Waals surface area (Å²) in [5.41, 5.74) is 2.14. The molecule has 0 aliphatic carbocycles. The fourth-order valence-corrected chi connectivity index (χ4v) is 2.01. The van der Waals surface area contributed by atoms with Crippen LogP contribution in [0.5, 0.6) is 0 Å². The Morgan fingerprint density at radius 2 is 2.26 bits per heavy atom. The molecule has 0 unspecified atom stereocenters. The van der Waals surface area contributed by atoms with Crippen LogP contribution in [0.15, 0.2) is 18.2 Å². The summed E-state index contributed by atoms with van der Waals surface area (Å²) in [6.45, 7) is 1.62. The van der Waals surface area contributed by atoms with Crippen molar-refractivity contribution in [2.24, 2.45) is 0 Å². The number of H-pyrrole nitrogens is 1. The SMILES string of the molecule is CN(C)CCCNC(=O)c1ccc2nc(Cl)[nH]c2c1. The molecule has 19 heavy (non-hydrogen) atoms. The lowest BCUT2D eigenvalue weighted by Crippen LogP contribution is -2.27. The molecule has 6 heteroatoms. The highest BCUT2D eigenvalue weighted by Gasteiger charge is 2.08. The lowest BCUT2D eigenvalue weighted by atomic mass is 10.2. The van der Waals surface area contributed by atoms with Crippen molar-refractivity contribution in [1.82, 2.24) is 20.2 Å². The highest BCUT2D eigenvalue weighted by Crippen LogP contribution is 2.16. The van der Waals surface area contributed by atoms with Crippen LogP contribution in [0.3, 0.4) is 0 Å². The van der Waals surface area contributed by atoms with Crippen molar-refractivity contribution < 1.29 is 4.79 Å². The van der Waals surface area contributed by atoms with Gasteiger partial charge in [0.2, 0.25) is 5.28 Å². The van der Waals surface area contributed by atoms with Gasteiger partial charge in [-0.15, -0.1) is 0 Å². The van der Waals surface area contributed by atoms with Gasteiger partial charge in [-0.1, -0.05) is 0 Å². The second-order valence-electron chi connectivity index (χ2n) is 4.67. The minimum atomic E-state index is -0.0774. The molecule has 2 aromatic rings. The number of amides is 1. The molecule has 0 fully saturated rings. The number of nitrogens with zero attached hydrogens (tertiary/aromatic N) is 2. The van der Waals surface area contributed by atoms with E-state index in [-0.39, 0.29) is 5.91 Å². The lowest BCUT2D eigenvalue weighted by Gasteiger charge is -2.09. The van der Waals surface area contributed by atoms with Crippen molar-refractivity contribution in [1.29, 1.82) is 0 Å². The number of nitrogens with one attached hydrogen (secondary N) is 2. The Balaban J connectivity index is 1.97. The number of aromatic amines is 1. The quantitative estimate of drug-likeness (QED) is 0.823. The van der Waals surface area contributed by atoms with E-state index in [0.717, 1.165) is 24.0 Å². The Morgan fingerprint density at radius 1 is 1.47 bits per heavy atom. The Morgan fingerprint density at radius 3 is 3.00 bits per heavy atom. The number of benzene rings is 1. The maximum atomic E-state index is 11.9. The molecule has 0 saturated carbocycles. The van der Waals surface area contributed by atoms with Gasteiger partial charge in [0.15, 0.2) is 0 Å². The number of halogens is 1. The average molecular weight is 281 g/mol. The number of rotatable bonds is 5. The van der Waals surface area contributed by atoms with Gasteiger partial charge >= 0.3 is 0 Å². The van der Waals surface area contributed by atoms with Crippen LogP contribution in [0.2, 0.25) is 5.28 Å². The second-order valence-corrected chi connectivity index (χ2v) is 5.03. The molecule has 2 rings (SSSR count). The molecule has 1 amide bonds. The summed E-state index contributed by atoms with van der Waals surface area (Å²) >= 11 is 5.78. The molecule has 0 atom stereocenters. The van der Waals surface area contributed by atoms with E-state index < -0.39 is 0 Å². The molecular formula is C13H17ClN4O. The van der Waals surface area contributed by atoms with Crippen molar-refractivity contribution in [3.8, 4) is 0 Å². The topological polar surface area (TPSA) is 61.0 Å². The minimum Gasteiger partial charge on any atom is -0.352 e. The molecule has 1 aromatic carbocycles. The van der Waals surface area contributed by atoms with Gasteiger partial charge in [0.1, 0.15) is 0 Å². The summed E-state index contributed by atoms with van der Waals surface area (Å²) in [4.78, 5) is 21.0. The van der Waals surface area contributed by atoms with Gasteiger partial charge in [0, 0.05) is 12.1 Å². The van der Waals surface area contributed by atoms with E-state index in [9.17, 15) is 4.79 Å². The smallest absolute Gasteiger partial charge is 0.251 e. The molecule has 5 nitrogen and oxygen atoms in total. The molecule has 0 aliphatic rings. The fourth-order valence-electron chi connectivity index (χ4n) is 1.82. The van der Waals surface area contributed by atoms with Crippen LogP contribution in [0, 0.1) is 0 Å². The first kappa shape index (κ1) is 13.8. The summed E-state index contributed by atoms with van der Waals surface area (Å²) in [7, 11) is 4.02. The number of carbonyl (C=O) groups excluding carboxylic acids is 1. The number of hydrogen-bond acceptors (Lipinski definition) is 3. The summed E-state index contributed by atoms with van der Waals surface area (Å²) in [5, 5.41) is 3.22. The van der Waals surface area contributed by atoms with Crippen LogP contribution in [-0.2, 0) is 0 Å². The van der Waals surface area contributed by atoms with E-state index in [1.54, 1.807) is 18.2 Å². The molecule has 102 valence electrons. The highest BCUT2D eigenvalue weighted by atomic mass is 35.5. The molecule has 0 bridgehead atoms. The number of aromatic nitrogens is 2. The van der Waals surface area contributed by atoms with Crippen molar-refractivity contribution in [3.63, 3.8) is 0 Å². The zero-order chi connectivity index (χ0) is 13.8. The van der Waals surface area contributed by atoms with Crippen molar-refractivity contribution in [2.75, 3.05) is 27.2 Å². The Bertz CT molecular complexity index is 579.